The van der Waals surface area contributed by atoms with Crippen LogP contribution in [0.4, 0.5) is 0 Å². The third-order valence-corrected chi connectivity index (χ3v) is 14.5. The average molecular weight is 473 g/mol. The normalized spacial score (nSPS) is 65.1. The predicted molar refractivity (Wildman–Crippen MR) is 131 cm³/mol. The van der Waals surface area contributed by atoms with Gasteiger partial charge in [0.15, 0.2) is 5.79 Å². The highest BCUT2D eigenvalue weighted by molar-refractivity contribution is 5.34. The summed E-state index contributed by atoms with van der Waals surface area (Å²) in [6.45, 7) is 17.2. The fourth-order valence-corrected chi connectivity index (χ4v) is 12.7. The first-order valence-corrected chi connectivity index (χ1v) is 14.5. The second-order valence-corrected chi connectivity index (χ2v) is 15.6. The maximum absolute atomic E-state index is 12.5. The summed E-state index contributed by atoms with van der Waals surface area (Å²) in [5, 5.41) is 23.4. The average Bonchev–Trinajstić information content (AvgIpc) is 3.29. The van der Waals surface area contributed by atoms with E-state index >= 15 is 0 Å². The van der Waals surface area contributed by atoms with Gasteiger partial charge in [-0.2, -0.15) is 0 Å². The molecular formula is C30H48O4. The molecule has 7 aliphatic rings. The lowest BCUT2D eigenvalue weighted by Crippen LogP contribution is -2.60. The van der Waals surface area contributed by atoms with E-state index < -0.39 is 11.9 Å². The molecule has 5 aliphatic carbocycles. The first-order chi connectivity index (χ1) is 15.8. The Kier molecular flexibility index (Phi) is 4.13. The number of fused-ring (bicyclic) bond motifs is 4. The second kappa shape index (κ2) is 6.11. The van der Waals surface area contributed by atoms with Crippen LogP contribution in [0.1, 0.15) is 99.8 Å². The zero-order valence-electron chi connectivity index (χ0n) is 22.6. The first-order valence-electron chi connectivity index (χ1n) is 14.5. The molecule has 7 rings (SSSR count). The smallest absolute Gasteiger partial charge is 0.199 e. The second-order valence-electron chi connectivity index (χ2n) is 15.6. The van der Waals surface area contributed by atoms with Gasteiger partial charge < -0.3 is 19.7 Å². The van der Waals surface area contributed by atoms with E-state index in [0.717, 1.165) is 12.8 Å². The molecule has 34 heavy (non-hydrogen) atoms. The van der Waals surface area contributed by atoms with Crippen molar-refractivity contribution in [3.05, 3.63) is 0 Å². The van der Waals surface area contributed by atoms with Gasteiger partial charge in [-0.05, 0) is 96.7 Å². The van der Waals surface area contributed by atoms with Crippen LogP contribution in [0.2, 0.25) is 0 Å². The van der Waals surface area contributed by atoms with Gasteiger partial charge in [0.25, 0.3) is 0 Å². The number of hydrogen-bond donors (Lipinski definition) is 2. The van der Waals surface area contributed by atoms with Gasteiger partial charge in [0, 0.05) is 11.3 Å². The van der Waals surface area contributed by atoms with Crippen molar-refractivity contribution in [1.29, 1.82) is 0 Å². The number of ether oxygens (including phenoxy) is 2. The Morgan fingerprint density at radius 3 is 2.26 bits per heavy atom. The van der Waals surface area contributed by atoms with E-state index in [4.69, 9.17) is 9.47 Å². The fourth-order valence-electron chi connectivity index (χ4n) is 12.7. The van der Waals surface area contributed by atoms with Gasteiger partial charge in [-0.1, -0.05) is 48.5 Å². The van der Waals surface area contributed by atoms with E-state index in [1.165, 1.54) is 38.5 Å². The topological polar surface area (TPSA) is 58.9 Å². The SMILES string of the molecule is CC(C)[C@@]12CO[C@]3(O1)[C@@H](O)[C@]1(C)[C@H]4CC[C@H]5C(C)(C)[C@@H](O)CC[C@]56C[C@]46CC[C@@]1(C)[C@H]3[C@@H](C)C2. The highest BCUT2D eigenvalue weighted by Gasteiger charge is 2.88. The number of aliphatic hydroxyl groups excluding tert-OH is 2. The van der Waals surface area contributed by atoms with Crippen LogP contribution in [0, 0.1) is 56.7 Å². The van der Waals surface area contributed by atoms with Gasteiger partial charge in [0.1, 0.15) is 6.10 Å². The van der Waals surface area contributed by atoms with E-state index in [-0.39, 0.29) is 33.9 Å². The van der Waals surface area contributed by atoms with Crippen LogP contribution in [0.25, 0.3) is 0 Å². The van der Waals surface area contributed by atoms with Gasteiger partial charge in [0.05, 0.1) is 18.3 Å². The van der Waals surface area contributed by atoms with Crippen molar-refractivity contribution in [2.75, 3.05) is 6.61 Å². The van der Waals surface area contributed by atoms with E-state index in [9.17, 15) is 10.2 Å². The summed E-state index contributed by atoms with van der Waals surface area (Å²) in [5.41, 5.74) is 0.281. The van der Waals surface area contributed by atoms with E-state index in [1.807, 2.05) is 0 Å². The molecule has 4 heteroatoms. The largest absolute Gasteiger partial charge is 0.393 e. The summed E-state index contributed by atoms with van der Waals surface area (Å²) in [4.78, 5) is 0. The minimum absolute atomic E-state index is 0.00159. The predicted octanol–water partition coefficient (Wildman–Crippen LogP) is 5.54. The minimum atomic E-state index is -0.835. The van der Waals surface area contributed by atoms with E-state index in [2.05, 4.69) is 48.5 Å². The molecule has 0 radical (unpaired) electrons. The van der Waals surface area contributed by atoms with E-state index in [0.29, 0.717) is 41.1 Å². The van der Waals surface area contributed by atoms with Crippen molar-refractivity contribution in [2.24, 2.45) is 56.7 Å². The molecule has 3 spiro atoms. The monoisotopic (exact) mass is 472 g/mol. The maximum Gasteiger partial charge on any atom is 0.199 e. The van der Waals surface area contributed by atoms with Crippen molar-refractivity contribution in [1.82, 2.24) is 0 Å². The first kappa shape index (κ1) is 23.0. The van der Waals surface area contributed by atoms with Crippen molar-refractivity contribution in [3.63, 3.8) is 0 Å². The zero-order valence-corrected chi connectivity index (χ0v) is 22.6. The van der Waals surface area contributed by atoms with Crippen molar-refractivity contribution < 1.29 is 19.7 Å². The van der Waals surface area contributed by atoms with Gasteiger partial charge in [0.2, 0.25) is 0 Å². The molecule has 0 aromatic heterocycles. The molecule has 2 saturated heterocycles. The summed E-state index contributed by atoms with van der Waals surface area (Å²) in [6.07, 6.45) is 8.57. The van der Waals surface area contributed by atoms with Crippen molar-refractivity contribution in [3.8, 4) is 0 Å². The molecule has 0 unspecified atom stereocenters. The van der Waals surface area contributed by atoms with Gasteiger partial charge in [-0.25, -0.2) is 0 Å². The van der Waals surface area contributed by atoms with Gasteiger partial charge in [-0.3, -0.25) is 0 Å². The maximum atomic E-state index is 12.5. The lowest BCUT2D eigenvalue weighted by molar-refractivity contribution is -0.297. The zero-order chi connectivity index (χ0) is 24.3. The Labute approximate surface area is 206 Å². The van der Waals surface area contributed by atoms with Crippen LogP contribution in [0.15, 0.2) is 0 Å². The van der Waals surface area contributed by atoms with Crippen molar-refractivity contribution >= 4 is 0 Å². The lowest BCUT2D eigenvalue weighted by atomic mass is 9.41. The number of aliphatic hydroxyl groups is 2. The Hall–Kier alpha value is -0.160. The number of rotatable bonds is 1. The Balaban J connectivity index is 1.33. The molecule has 7 fully saturated rings. The van der Waals surface area contributed by atoms with Gasteiger partial charge >= 0.3 is 0 Å². The molecule has 12 atom stereocenters. The molecule has 2 N–H and O–H groups in total. The number of hydrogen-bond acceptors (Lipinski definition) is 4. The summed E-state index contributed by atoms with van der Waals surface area (Å²) < 4.78 is 13.8. The van der Waals surface area contributed by atoms with Crippen LogP contribution in [-0.2, 0) is 9.47 Å². The summed E-state index contributed by atoms with van der Waals surface area (Å²) >= 11 is 0. The molecule has 2 heterocycles. The van der Waals surface area contributed by atoms with Crippen LogP contribution in [0.5, 0.6) is 0 Å². The molecule has 4 nitrogen and oxygen atoms in total. The van der Waals surface area contributed by atoms with Crippen LogP contribution >= 0.6 is 0 Å². The van der Waals surface area contributed by atoms with Gasteiger partial charge in [-0.15, -0.1) is 0 Å². The van der Waals surface area contributed by atoms with Crippen LogP contribution < -0.4 is 0 Å². The molecule has 0 aromatic rings. The van der Waals surface area contributed by atoms with Crippen LogP contribution in [0.3, 0.4) is 0 Å². The van der Waals surface area contributed by atoms with Crippen molar-refractivity contribution in [2.45, 2.75) is 123 Å². The van der Waals surface area contributed by atoms with E-state index in [1.54, 1.807) is 0 Å². The lowest BCUT2D eigenvalue weighted by Gasteiger charge is -2.63. The molecule has 2 bridgehead atoms. The highest BCUT2D eigenvalue weighted by atomic mass is 16.8. The molecule has 2 aliphatic heterocycles. The Bertz CT molecular complexity index is 931. The molecular weight excluding hydrogens is 424 g/mol. The fraction of sp³-hybridized carbons (Fsp3) is 1.00. The Morgan fingerprint density at radius 1 is 0.882 bits per heavy atom. The summed E-state index contributed by atoms with van der Waals surface area (Å²) in [6, 6.07) is 0. The molecule has 5 saturated carbocycles. The molecule has 192 valence electrons. The minimum Gasteiger partial charge on any atom is -0.393 e. The van der Waals surface area contributed by atoms with Crippen LogP contribution in [-0.4, -0.2) is 40.4 Å². The molecule has 0 amide bonds. The molecule has 0 aromatic carbocycles. The highest BCUT2D eigenvalue weighted by Crippen LogP contribution is 2.90. The quantitative estimate of drug-likeness (QED) is 0.526. The third-order valence-electron chi connectivity index (χ3n) is 14.5. The summed E-state index contributed by atoms with van der Waals surface area (Å²) in [7, 11) is 0. The Morgan fingerprint density at radius 2 is 1.56 bits per heavy atom. The standard InChI is InChI=1S/C30H48O4/c1-17(2)29-14-18(3)22-25(6)12-13-28-15-27(28)11-10-21(31)24(4,5)19(27)8-9-20(28)26(25,7)23(32)30(22,34-29)33-16-29/h17-23,31-32H,8-16H2,1-7H3/t18-,19-,20+,21-,22+,23-,25-,26-,27-,28+,29+,30+/m0/s1. The third kappa shape index (κ3) is 2.04. The summed E-state index contributed by atoms with van der Waals surface area (Å²) in [5.74, 6) is 1.42.